The minimum absolute atomic E-state index is 0.0672. The predicted octanol–water partition coefficient (Wildman–Crippen LogP) is 0.828. The van der Waals surface area contributed by atoms with Crippen molar-refractivity contribution in [2.45, 2.75) is 38.8 Å². The summed E-state index contributed by atoms with van der Waals surface area (Å²) in [5.74, 6) is -0.766. The number of amides is 1. The monoisotopic (exact) mass is 276 g/mol. The normalized spacial score (nSPS) is 18.4. The highest BCUT2D eigenvalue weighted by atomic mass is 16.5. The van der Waals surface area contributed by atoms with Crippen molar-refractivity contribution in [3.05, 3.63) is 29.8 Å². The lowest BCUT2D eigenvalue weighted by Crippen LogP contribution is -2.46. The summed E-state index contributed by atoms with van der Waals surface area (Å²) in [5, 5.41) is 11.0. The maximum Gasteiger partial charge on any atom is 0.254 e. The summed E-state index contributed by atoms with van der Waals surface area (Å²) in [6.07, 6.45) is 1.22. The number of likely N-dealkylation sites (tertiary alicyclic amines) is 1. The fourth-order valence-electron chi connectivity index (χ4n) is 2.37. The lowest BCUT2D eigenvalue weighted by Gasteiger charge is -2.25. The molecule has 5 heteroatoms. The van der Waals surface area contributed by atoms with Gasteiger partial charge in [-0.3, -0.25) is 4.79 Å². The van der Waals surface area contributed by atoms with Gasteiger partial charge in [-0.15, -0.1) is 0 Å². The van der Waals surface area contributed by atoms with Crippen LogP contribution in [0.1, 0.15) is 37.0 Å². The average molecular weight is 276 g/mol. The quantitative estimate of drug-likeness (QED) is 0.816. The van der Waals surface area contributed by atoms with E-state index in [9.17, 15) is 14.7 Å². The number of hydrogen-bond donors (Lipinski definition) is 0. The molecule has 1 aliphatic heterocycles. The first-order valence-corrected chi connectivity index (χ1v) is 6.77. The van der Waals surface area contributed by atoms with Crippen molar-refractivity contribution in [3.8, 4) is 5.75 Å². The van der Waals surface area contributed by atoms with Gasteiger partial charge in [0.2, 0.25) is 0 Å². The smallest absolute Gasteiger partial charge is 0.254 e. The molecule has 5 nitrogen and oxygen atoms in total. The van der Waals surface area contributed by atoms with Crippen molar-refractivity contribution >= 4 is 11.9 Å². The molecule has 0 aromatic heterocycles. The molecule has 0 bridgehead atoms. The maximum absolute atomic E-state index is 12.3. The second kappa shape index (κ2) is 5.94. The summed E-state index contributed by atoms with van der Waals surface area (Å²) in [5.41, 5.74) is 0.467. The zero-order valence-corrected chi connectivity index (χ0v) is 11.7. The molecule has 1 aliphatic rings. The van der Waals surface area contributed by atoms with Crippen LogP contribution in [0.3, 0.4) is 0 Å². The lowest BCUT2D eigenvalue weighted by atomic mass is 10.1. The van der Waals surface area contributed by atoms with Crippen molar-refractivity contribution in [2.24, 2.45) is 0 Å². The predicted molar refractivity (Wildman–Crippen MR) is 71.3 cm³/mol. The van der Waals surface area contributed by atoms with Crippen LogP contribution in [-0.4, -0.2) is 35.5 Å². The van der Waals surface area contributed by atoms with E-state index in [1.807, 2.05) is 13.8 Å². The van der Waals surface area contributed by atoms with Gasteiger partial charge in [0, 0.05) is 12.1 Å². The summed E-state index contributed by atoms with van der Waals surface area (Å²) in [6.45, 7) is 4.31. The first-order valence-electron chi connectivity index (χ1n) is 6.77. The average Bonchev–Trinajstić information content (AvgIpc) is 2.87. The maximum atomic E-state index is 12.3. The Balaban J connectivity index is 2.11. The van der Waals surface area contributed by atoms with Crippen LogP contribution < -0.4 is 9.84 Å². The molecule has 108 valence electrons. The molecular formula is C15H18NO4-. The van der Waals surface area contributed by atoms with E-state index in [1.165, 1.54) is 4.90 Å². The van der Waals surface area contributed by atoms with Crippen molar-refractivity contribution < 1.29 is 19.4 Å². The van der Waals surface area contributed by atoms with E-state index in [1.54, 1.807) is 24.3 Å². The number of carbonyl (C=O) groups excluding carboxylic acids is 2. The van der Waals surface area contributed by atoms with Gasteiger partial charge < -0.3 is 19.5 Å². The van der Waals surface area contributed by atoms with E-state index < -0.39 is 12.0 Å². The zero-order chi connectivity index (χ0) is 14.7. The Bertz CT molecular complexity index is 495. The molecule has 0 spiro atoms. The largest absolute Gasteiger partial charge is 0.548 e. The summed E-state index contributed by atoms with van der Waals surface area (Å²) in [6, 6.07) is 5.94. The number of carboxylic acid groups (broad SMARTS) is 1. The fourth-order valence-corrected chi connectivity index (χ4v) is 2.37. The summed E-state index contributed by atoms with van der Waals surface area (Å²) < 4.78 is 5.50. The van der Waals surface area contributed by atoms with Gasteiger partial charge in [-0.1, -0.05) is 0 Å². The van der Waals surface area contributed by atoms with Crippen molar-refractivity contribution in [2.75, 3.05) is 6.54 Å². The van der Waals surface area contributed by atoms with Crippen molar-refractivity contribution in [1.29, 1.82) is 0 Å². The van der Waals surface area contributed by atoms with Gasteiger partial charge in [0.1, 0.15) is 5.75 Å². The van der Waals surface area contributed by atoms with Crippen LogP contribution in [-0.2, 0) is 4.79 Å². The SMILES string of the molecule is CC(C)Oc1ccc(C(=O)N2CCC[C@H]2C(=O)[O-])cc1. The van der Waals surface area contributed by atoms with Gasteiger partial charge in [0.15, 0.2) is 0 Å². The van der Waals surface area contributed by atoms with Crippen LogP contribution in [0.15, 0.2) is 24.3 Å². The molecule has 1 heterocycles. The second-order valence-electron chi connectivity index (χ2n) is 5.17. The van der Waals surface area contributed by atoms with Gasteiger partial charge in [-0.25, -0.2) is 0 Å². The fraction of sp³-hybridized carbons (Fsp3) is 0.467. The molecule has 20 heavy (non-hydrogen) atoms. The number of hydrogen-bond acceptors (Lipinski definition) is 4. The number of rotatable bonds is 4. The van der Waals surface area contributed by atoms with Crippen LogP contribution in [0, 0.1) is 0 Å². The highest BCUT2D eigenvalue weighted by Gasteiger charge is 2.30. The number of nitrogens with zero attached hydrogens (tertiary/aromatic N) is 1. The Morgan fingerprint density at radius 2 is 1.95 bits per heavy atom. The minimum Gasteiger partial charge on any atom is -0.548 e. The molecule has 1 amide bonds. The van der Waals surface area contributed by atoms with Crippen molar-refractivity contribution in [3.63, 3.8) is 0 Å². The van der Waals surface area contributed by atoms with Crippen molar-refractivity contribution in [1.82, 2.24) is 4.90 Å². The Labute approximate surface area is 118 Å². The lowest BCUT2D eigenvalue weighted by molar-refractivity contribution is -0.310. The minimum atomic E-state index is -1.18. The van der Waals surface area contributed by atoms with Crippen LogP contribution in [0.25, 0.3) is 0 Å². The molecule has 0 unspecified atom stereocenters. The third kappa shape index (κ3) is 3.10. The van der Waals surface area contributed by atoms with Crippen LogP contribution in [0.2, 0.25) is 0 Å². The standard InChI is InChI=1S/C15H19NO4/c1-10(2)20-12-7-5-11(6-8-12)14(17)16-9-3-4-13(16)15(18)19/h5-8,10,13H,3-4,9H2,1-2H3,(H,18,19)/p-1/t13-/m0/s1. The van der Waals surface area contributed by atoms with Gasteiger partial charge >= 0.3 is 0 Å². The molecule has 2 rings (SSSR count). The first kappa shape index (κ1) is 14.4. The van der Waals surface area contributed by atoms with Gasteiger partial charge in [0.05, 0.1) is 18.1 Å². The molecule has 1 atom stereocenters. The molecule has 1 aromatic carbocycles. The Morgan fingerprint density at radius 3 is 2.50 bits per heavy atom. The number of carboxylic acids is 1. The number of carbonyl (C=O) groups is 2. The highest BCUT2D eigenvalue weighted by molar-refractivity contribution is 5.96. The van der Waals surface area contributed by atoms with E-state index in [0.29, 0.717) is 30.7 Å². The molecule has 0 aliphatic carbocycles. The van der Waals surface area contributed by atoms with E-state index in [-0.39, 0.29) is 12.0 Å². The van der Waals surface area contributed by atoms with E-state index in [4.69, 9.17) is 4.74 Å². The third-order valence-electron chi connectivity index (χ3n) is 3.26. The molecule has 0 saturated carbocycles. The van der Waals surface area contributed by atoms with E-state index >= 15 is 0 Å². The Morgan fingerprint density at radius 1 is 1.30 bits per heavy atom. The summed E-state index contributed by atoms with van der Waals surface area (Å²) in [7, 11) is 0. The Hall–Kier alpha value is -2.04. The summed E-state index contributed by atoms with van der Waals surface area (Å²) >= 11 is 0. The number of benzene rings is 1. The van der Waals surface area contributed by atoms with E-state index in [0.717, 1.165) is 0 Å². The molecule has 0 radical (unpaired) electrons. The molecule has 0 N–H and O–H groups in total. The number of aliphatic carboxylic acids is 1. The molecule has 1 saturated heterocycles. The first-order chi connectivity index (χ1) is 9.49. The molecular weight excluding hydrogens is 258 g/mol. The Kier molecular flexibility index (Phi) is 4.27. The van der Waals surface area contributed by atoms with Crippen LogP contribution in [0.5, 0.6) is 5.75 Å². The molecule has 1 aromatic rings. The second-order valence-corrected chi connectivity index (χ2v) is 5.17. The topological polar surface area (TPSA) is 69.7 Å². The van der Waals surface area contributed by atoms with Crippen LogP contribution in [0.4, 0.5) is 0 Å². The van der Waals surface area contributed by atoms with E-state index in [2.05, 4.69) is 0 Å². The van der Waals surface area contributed by atoms with Gasteiger partial charge in [-0.2, -0.15) is 0 Å². The summed E-state index contributed by atoms with van der Waals surface area (Å²) in [4.78, 5) is 24.7. The third-order valence-corrected chi connectivity index (χ3v) is 3.26. The molecule has 1 fully saturated rings. The van der Waals surface area contributed by atoms with Gasteiger partial charge in [0.25, 0.3) is 5.91 Å². The zero-order valence-electron chi connectivity index (χ0n) is 11.7. The number of ether oxygens (including phenoxy) is 1. The van der Waals surface area contributed by atoms with Crippen LogP contribution >= 0.6 is 0 Å². The highest BCUT2D eigenvalue weighted by Crippen LogP contribution is 2.21. The van der Waals surface area contributed by atoms with Gasteiger partial charge in [-0.05, 0) is 51.0 Å².